The van der Waals surface area contributed by atoms with Crippen molar-refractivity contribution in [1.29, 1.82) is 0 Å². The minimum absolute atomic E-state index is 0.0150. The van der Waals surface area contributed by atoms with Gasteiger partial charge in [0.2, 0.25) is 0 Å². The Morgan fingerprint density at radius 1 is 0.730 bits per heavy atom. The van der Waals surface area contributed by atoms with Crippen molar-refractivity contribution >= 4 is 5.91 Å². The van der Waals surface area contributed by atoms with Gasteiger partial charge in [-0.25, -0.2) is 0 Å². The van der Waals surface area contributed by atoms with Crippen LogP contribution in [-0.2, 0) is 0 Å². The minimum atomic E-state index is -0.116. The Kier molecular flexibility index (Phi) is 9.98. The Bertz CT molecular complexity index is 1060. The molecule has 5 nitrogen and oxygen atoms in total. The first kappa shape index (κ1) is 26.7. The third-order valence-electron chi connectivity index (χ3n) is 7.63. The van der Waals surface area contributed by atoms with E-state index >= 15 is 0 Å². The predicted octanol–water partition coefficient (Wildman–Crippen LogP) is 7.29. The first-order valence-electron chi connectivity index (χ1n) is 13.7. The summed E-state index contributed by atoms with van der Waals surface area (Å²) in [5, 5.41) is 3.38. The van der Waals surface area contributed by atoms with Crippen molar-refractivity contribution in [2.24, 2.45) is 0 Å². The number of aromatic nitrogens is 1. The second kappa shape index (κ2) is 13.8. The third kappa shape index (κ3) is 7.34. The molecule has 37 heavy (non-hydrogen) atoms. The smallest absolute Gasteiger partial charge is 0.270 e. The molecule has 0 spiro atoms. The van der Waals surface area contributed by atoms with Gasteiger partial charge >= 0.3 is 0 Å². The van der Waals surface area contributed by atoms with Crippen molar-refractivity contribution in [3.05, 3.63) is 89.7 Å². The van der Waals surface area contributed by atoms with Gasteiger partial charge < -0.3 is 14.8 Å². The van der Waals surface area contributed by atoms with E-state index in [4.69, 9.17) is 9.47 Å². The van der Waals surface area contributed by atoms with E-state index in [2.05, 4.69) is 34.6 Å². The van der Waals surface area contributed by atoms with E-state index in [1.807, 2.05) is 36.4 Å². The van der Waals surface area contributed by atoms with Crippen molar-refractivity contribution in [1.82, 2.24) is 10.3 Å². The zero-order valence-electron chi connectivity index (χ0n) is 22.2. The highest BCUT2D eigenvalue weighted by molar-refractivity contribution is 5.92. The number of hydrogen-bond acceptors (Lipinski definition) is 4. The van der Waals surface area contributed by atoms with Crippen LogP contribution in [0.5, 0.6) is 11.5 Å². The molecule has 2 unspecified atom stereocenters. The number of nitrogens with zero attached hydrogens (tertiary/aromatic N) is 1. The lowest BCUT2D eigenvalue weighted by molar-refractivity contribution is 0.0923. The van der Waals surface area contributed by atoms with Gasteiger partial charge in [0.15, 0.2) is 0 Å². The highest BCUT2D eigenvalue weighted by Gasteiger charge is 2.27. The Hall–Kier alpha value is -3.34. The van der Waals surface area contributed by atoms with Gasteiger partial charge in [0.1, 0.15) is 17.2 Å². The fraction of sp³-hybridized carbons (Fsp3) is 0.438. The highest BCUT2D eigenvalue weighted by atomic mass is 16.5. The SMILES string of the molecule is COc1ccccc1C1CCCCCCCC(c2ccccc2OC)CC(NC(=O)c2ccccn2)C1. The monoisotopic (exact) mass is 500 g/mol. The molecule has 1 amide bonds. The van der Waals surface area contributed by atoms with Gasteiger partial charge in [0.05, 0.1) is 14.2 Å². The van der Waals surface area contributed by atoms with Crippen molar-refractivity contribution in [2.75, 3.05) is 14.2 Å². The standard InChI is InChI=1S/C32H40N2O3/c1-36-30-19-10-8-16-27(30)24-14-6-4-3-5-7-15-25(28-17-9-11-20-31(28)37-2)23-26(22-24)34-32(35)29-18-12-13-21-33-29/h8-13,16-21,24-26H,3-7,14-15,22-23H2,1-2H3,(H,34,35). The number of benzene rings is 2. The number of rotatable bonds is 6. The van der Waals surface area contributed by atoms with Gasteiger partial charge in [0.25, 0.3) is 5.91 Å². The van der Waals surface area contributed by atoms with Crippen LogP contribution >= 0.6 is 0 Å². The van der Waals surface area contributed by atoms with Crippen LogP contribution in [-0.4, -0.2) is 31.2 Å². The summed E-state index contributed by atoms with van der Waals surface area (Å²) >= 11 is 0. The molecule has 1 aliphatic carbocycles. The molecule has 0 radical (unpaired) electrons. The molecule has 0 bridgehead atoms. The molecule has 0 saturated heterocycles. The second-order valence-electron chi connectivity index (χ2n) is 10.1. The van der Waals surface area contributed by atoms with Crippen LogP contribution in [0.4, 0.5) is 0 Å². The number of ether oxygens (including phenoxy) is 2. The first-order valence-corrected chi connectivity index (χ1v) is 13.7. The summed E-state index contributed by atoms with van der Waals surface area (Å²) < 4.78 is 11.5. The number of carbonyl (C=O) groups excluding carboxylic acids is 1. The molecule has 196 valence electrons. The van der Waals surface area contributed by atoms with Gasteiger partial charge in [-0.05, 0) is 72.9 Å². The number of methoxy groups -OCH3 is 2. The van der Waals surface area contributed by atoms with E-state index in [1.54, 1.807) is 26.5 Å². The second-order valence-corrected chi connectivity index (χ2v) is 10.1. The maximum absolute atomic E-state index is 13.3. The van der Waals surface area contributed by atoms with E-state index in [0.717, 1.165) is 37.2 Å². The van der Waals surface area contributed by atoms with Crippen LogP contribution in [0.25, 0.3) is 0 Å². The molecule has 4 rings (SSSR count). The summed E-state index contributed by atoms with van der Waals surface area (Å²) in [6, 6.07) is 22.1. The number of carbonyl (C=O) groups is 1. The lowest BCUT2D eigenvalue weighted by Gasteiger charge is -2.30. The lowest BCUT2D eigenvalue weighted by atomic mass is 9.80. The van der Waals surface area contributed by atoms with Crippen LogP contribution in [0.15, 0.2) is 72.9 Å². The van der Waals surface area contributed by atoms with E-state index in [1.165, 1.54) is 43.2 Å². The maximum atomic E-state index is 13.3. The minimum Gasteiger partial charge on any atom is -0.496 e. The zero-order valence-corrected chi connectivity index (χ0v) is 22.2. The number of para-hydroxylation sites is 2. The molecule has 2 aromatic carbocycles. The van der Waals surface area contributed by atoms with Gasteiger partial charge in [0, 0.05) is 12.2 Å². The molecule has 1 N–H and O–H groups in total. The van der Waals surface area contributed by atoms with Crippen LogP contribution in [0, 0.1) is 0 Å². The average Bonchev–Trinajstić information content (AvgIpc) is 2.94. The summed E-state index contributed by atoms with van der Waals surface area (Å²) in [7, 11) is 3.48. The van der Waals surface area contributed by atoms with E-state index < -0.39 is 0 Å². The molecular weight excluding hydrogens is 460 g/mol. The quantitative estimate of drug-likeness (QED) is 0.386. The third-order valence-corrected chi connectivity index (χ3v) is 7.63. The fourth-order valence-corrected chi connectivity index (χ4v) is 5.78. The molecule has 3 aromatic rings. The lowest BCUT2D eigenvalue weighted by Crippen LogP contribution is -2.37. The molecule has 1 aromatic heterocycles. The summed E-state index contributed by atoms with van der Waals surface area (Å²) in [6.45, 7) is 0. The van der Waals surface area contributed by atoms with Crippen molar-refractivity contribution in [2.45, 2.75) is 75.7 Å². The van der Waals surface area contributed by atoms with Crippen molar-refractivity contribution in [3.63, 3.8) is 0 Å². The largest absolute Gasteiger partial charge is 0.496 e. The molecule has 0 aliphatic heterocycles. The van der Waals surface area contributed by atoms with E-state index in [-0.39, 0.29) is 11.9 Å². The topological polar surface area (TPSA) is 60.5 Å². The Morgan fingerprint density at radius 3 is 1.76 bits per heavy atom. The molecule has 5 heteroatoms. The van der Waals surface area contributed by atoms with Crippen LogP contribution in [0.1, 0.15) is 91.2 Å². The van der Waals surface area contributed by atoms with Gasteiger partial charge in [-0.15, -0.1) is 0 Å². The van der Waals surface area contributed by atoms with Gasteiger partial charge in [-0.3, -0.25) is 9.78 Å². The molecule has 1 aliphatic rings. The average molecular weight is 501 g/mol. The molecule has 1 fully saturated rings. The summed E-state index contributed by atoms with van der Waals surface area (Å²) in [5.74, 6) is 2.33. The van der Waals surface area contributed by atoms with Crippen LogP contribution in [0.2, 0.25) is 0 Å². The van der Waals surface area contributed by atoms with Crippen LogP contribution < -0.4 is 14.8 Å². The number of amides is 1. The molecule has 1 saturated carbocycles. The number of hydrogen-bond donors (Lipinski definition) is 1. The summed E-state index contributed by atoms with van der Waals surface area (Å²) in [5.41, 5.74) is 2.91. The van der Waals surface area contributed by atoms with Gasteiger partial charge in [-0.1, -0.05) is 74.6 Å². The number of nitrogens with one attached hydrogen (secondary N) is 1. The first-order chi connectivity index (χ1) is 18.2. The van der Waals surface area contributed by atoms with E-state index in [9.17, 15) is 4.79 Å². The van der Waals surface area contributed by atoms with Crippen molar-refractivity contribution in [3.8, 4) is 11.5 Å². The van der Waals surface area contributed by atoms with Gasteiger partial charge in [-0.2, -0.15) is 0 Å². The Labute approximate surface area is 221 Å². The maximum Gasteiger partial charge on any atom is 0.270 e. The van der Waals surface area contributed by atoms with Crippen LogP contribution in [0.3, 0.4) is 0 Å². The van der Waals surface area contributed by atoms with E-state index in [0.29, 0.717) is 17.5 Å². The zero-order chi connectivity index (χ0) is 25.9. The highest BCUT2D eigenvalue weighted by Crippen LogP contribution is 2.39. The predicted molar refractivity (Wildman–Crippen MR) is 149 cm³/mol. The Morgan fingerprint density at radius 2 is 1.24 bits per heavy atom. The number of pyridine rings is 1. The normalized spacial score (nSPS) is 21.2. The van der Waals surface area contributed by atoms with Crippen molar-refractivity contribution < 1.29 is 14.3 Å². The molecular formula is C32H40N2O3. The molecule has 1 heterocycles. The fourth-order valence-electron chi connectivity index (χ4n) is 5.78. The summed E-state index contributed by atoms with van der Waals surface area (Å²) in [6.07, 6.45) is 11.6. The summed E-state index contributed by atoms with van der Waals surface area (Å²) in [4.78, 5) is 17.6. The Balaban J connectivity index is 1.68. The molecule has 2 atom stereocenters.